The van der Waals surface area contributed by atoms with Gasteiger partial charge in [0.2, 0.25) is 5.91 Å². The predicted molar refractivity (Wildman–Crippen MR) is 118 cm³/mol. The second-order valence-electron chi connectivity index (χ2n) is 8.16. The van der Waals surface area contributed by atoms with Gasteiger partial charge in [-0.15, -0.1) is 11.3 Å². The van der Waals surface area contributed by atoms with Gasteiger partial charge in [0.05, 0.1) is 16.8 Å². The maximum Gasteiger partial charge on any atom is 0.251 e. The number of para-hydroxylation sites is 1. The molecular formula is C23H27N3O2S. The van der Waals surface area contributed by atoms with Crippen molar-refractivity contribution in [2.75, 3.05) is 13.6 Å². The molecule has 0 aliphatic heterocycles. The number of aromatic nitrogens is 1. The summed E-state index contributed by atoms with van der Waals surface area (Å²) in [6, 6.07) is 15.6. The lowest BCUT2D eigenvalue weighted by Gasteiger charge is -2.19. The predicted octanol–water partition coefficient (Wildman–Crippen LogP) is 4.37. The molecule has 0 radical (unpaired) electrons. The van der Waals surface area contributed by atoms with Gasteiger partial charge in [-0.3, -0.25) is 9.59 Å². The van der Waals surface area contributed by atoms with Crippen LogP contribution < -0.4 is 5.32 Å². The number of benzene rings is 2. The van der Waals surface area contributed by atoms with E-state index in [9.17, 15) is 9.59 Å². The quantitative estimate of drug-likeness (QED) is 0.657. The number of nitrogens with zero attached hydrogens (tertiary/aromatic N) is 2. The first-order valence-electron chi connectivity index (χ1n) is 9.71. The van der Waals surface area contributed by atoms with Gasteiger partial charge >= 0.3 is 0 Å². The van der Waals surface area contributed by atoms with Crippen molar-refractivity contribution in [2.24, 2.45) is 0 Å². The molecule has 2 aromatic carbocycles. The minimum absolute atomic E-state index is 0.0207. The summed E-state index contributed by atoms with van der Waals surface area (Å²) in [6.45, 7) is 7.19. The minimum atomic E-state index is -0.160. The van der Waals surface area contributed by atoms with Crippen LogP contribution >= 0.6 is 11.3 Å². The minimum Gasteiger partial charge on any atom is -0.352 e. The third-order valence-corrected chi connectivity index (χ3v) is 5.80. The zero-order chi connectivity index (χ0) is 21.0. The topological polar surface area (TPSA) is 62.3 Å². The number of thiazole rings is 1. The van der Waals surface area contributed by atoms with Crippen molar-refractivity contribution in [1.82, 2.24) is 15.2 Å². The summed E-state index contributed by atoms with van der Waals surface area (Å²) in [5, 5.41) is 3.74. The van der Waals surface area contributed by atoms with Crippen molar-refractivity contribution in [2.45, 2.75) is 39.2 Å². The van der Waals surface area contributed by atoms with Gasteiger partial charge in [0, 0.05) is 25.6 Å². The molecule has 0 saturated heterocycles. The van der Waals surface area contributed by atoms with E-state index in [0.717, 1.165) is 15.2 Å². The molecule has 1 N–H and O–H groups in total. The third-order valence-electron chi connectivity index (χ3n) is 4.77. The van der Waals surface area contributed by atoms with Crippen LogP contribution in [-0.2, 0) is 16.8 Å². The Hall–Kier alpha value is -2.73. The second-order valence-corrected chi connectivity index (χ2v) is 9.27. The molecule has 0 aliphatic carbocycles. The second kappa shape index (κ2) is 8.74. The van der Waals surface area contributed by atoms with Crippen molar-refractivity contribution in [3.63, 3.8) is 0 Å². The maximum absolute atomic E-state index is 12.4. The molecule has 152 valence electrons. The van der Waals surface area contributed by atoms with Crippen LogP contribution in [0.2, 0.25) is 0 Å². The Labute approximate surface area is 175 Å². The van der Waals surface area contributed by atoms with Gasteiger partial charge in [-0.05, 0) is 35.2 Å². The fourth-order valence-corrected chi connectivity index (χ4v) is 4.00. The zero-order valence-electron chi connectivity index (χ0n) is 17.4. The van der Waals surface area contributed by atoms with Crippen LogP contribution in [0.4, 0.5) is 0 Å². The van der Waals surface area contributed by atoms with E-state index in [-0.39, 0.29) is 23.7 Å². The van der Waals surface area contributed by atoms with Crippen molar-refractivity contribution >= 4 is 33.4 Å². The molecule has 0 aliphatic rings. The molecule has 1 aromatic heterocycles. The van der Waals surface area contributed by atoms with Crippen LogP contribution in [0.1, 0.15) is 48.1 Å². The highest BCUT2D eigenvalue weighted by molar-refractivity contribution is 7.18. The van der Waals surface area contributed by atoms with Crippen molar-refractivity contribution < 1.29 is 9.59 Å². The Morgan fingerprint density at radius 1 is 1.07 bits per heavy atom. The molecule has 3 aromatic rings. The van der Waals surface area contributed by atoms with Gasteiger partial charge in [0.15, 0.2) is 0 Å². The summed E-state index contributed by atoms with van der Waals surface area (Å²) in [4.78, 5) is 30.9. The molecule has 0 spiro atoms. The van der Waals surface area contributed by atoms with Crippen LogP contribution in [0.15, 0.2) is 48.5 Å². The molecule has 0 atom stereocenters. The number of fused-ring (bicyclic) bond motifs is 1. The first-order chi connectivity index (χ1) is 13.7. The molecule has 3 rings (SSSR count). The number of hydrogen-bond donors (Lipinski definition) is 1. The fourth-order valence-electron chi connectivity index (χ4n) is 2.98. The van der Waals surface area contributed by atoms with E-state index in [2.05, 4.69) is 31.1 Å². The van der Waals surface area contributed by atoms with Gasteiger partial charge in [-0.2, -0.15) is 0 Å². The summed E-state index contributed by atoms with van der Waals surface area (Å²) in [5.41, 5.74) is 2.79. The Morgan fingerprint density at radius 3 is 2.41 bits per heavy atom. The molecule has 2 amide bonds. The van der Waals surface area contributed by atoms with E-state index in [0.29, 0.717) is 18.7 Å². The van der Waals surface area contributed by atoms with Gasteiger partial charge in [0.25, 0.3) is 5.91 Å². The van der Waals surface area contributed by atoms with E-state index < -0.39 is 0 Å². The van der Waals surface area contributed by atoms with Crippen molar-refractivity contribution in [3.05, 3.63) is 64.7 Å². The fraction of sp³-hybridized carbons (Fsp3) is 0.348. The largest absolute Gasteiger partial charge is 0.352 e. The van der Waals surface area contributed by atoms with Gasteiger partial charge in [0.1, 0.15) is 5.01 Å². The van der Waals surface area contributed by atoms with Gasteiger partial charge < -0.3 is 10.2 Å². The molecule has 0 fully saturated rings. The summed E-state index contributed by atoms with van der Waals surface area (Å²) < 4.78 is 1.12. The Morgan fingerprint density at radius 2 is 1.76 bits per heavy atom. The smallest absolute Gasteiger partial charge is 0.251 e. The van der Waals surface area contributed by atoms with E-state index in [4.69, 9.17) is 0 Å². The molecule has 1 heterocycles. The molecule has 5 nitrogen and oxygen atoms in total. The Balaban J connectivity index is 1.47. The SMILES string of the molecule is CN(Cc1nc2ccccc2s1)C(=O)CCNC(=O)c1ccc(C(C)(C)C)cc1. The maximum atomic E-state index is 12.4. The van der Waals surface area contributed by atoms with E-state index in [1.807, 2.05) is 48.5 Å². The number of hydrogen-bond acceptors (Lipinski definition) is 4. The summed E-state index contributed by atoms with van der Waals surface area (Å²) in [5.74, 6) is -0.181. The lowest BCUT2D eigenvalue weighted by molar-refractivity contribution is -0.130. The van der Waals surface area contributed by atoms with Crippen molar-refractivity contribution in [3.8, 4) is 0 Å². The number of nitrogens with one attached hydrogen (secondary N) is 1. The van der Waals surface area contributed by atoms with Crippen LogP contribution in [-0.4, -0.2) is 35.3 Å². The normalized spacial score (nSPS) is 11.4. The van der Waals surface area contributed by atoms with Gasteiger partial charge in [-0.25, -0.2) is 4.98 Å². The average molecular weight is 410 g/mol. The third kappa shape index (κ3) is 5.41. The monoisotopic (exact) mass is 409 g/mol. The first kappa shape index (κ1) is 21.0. The molecule has 29 heavy (non-hydrogen) atoms. The lowest BCUT2D eigenvalue weighted by Crippen LogP contribution is -2.31. The summed E-state index contributed by atoms with van der Waals surface area (Å²) in [6.07, 6.45) is 0.257. The number of rotatable bonds is 6. The van der Waals surface area contributed by atoms with Crippen LogP contribution in [0, 0.1) is 0 Å². The summed E-state index contributed by atoms with van der Waals surface area (Å²) in [7, 11) is 1.77. The highest BCUT2D eigenvalue weighted by atomic mass is 32.1. The standard InChI is InChI=1S/C23H27N3O2S/c1-23(2,3)17-11-9-16(10-12-17)22(28)24-14-13-21(27)26(4)15-20-25-18-7-5-6-8-19(18)29-20/h5-12H,13-15H2,1-4H3,(H,24,28). The molecular weight excluding hydrogens is 382 g/mol. The molecule has 0 unspecified atom stereocenters. The first-order valence-corrected chi connectivity index (χ1v) is 10.5. The number of amides is 2. The summed E-state index contributed by atoms with van der Waals surface area (Å²) >= 11 is 1.60. The number of carbonyl (C=O) groups is 2. The van der Waals surface area contributed by atoms with Gasteiger partial charge in [-0.1, -0.05) is 45.0 Å². The number of carbonyl (C=O) groups excluding carboxylic acids is 2. The van der Waals surface area contributed by atoms with Crippen LogP contribution in [0.3, 0.4) is 0 Å². The van der Waals surface area contributed by atoms with Crippen LogP contribution in [0.5, 0.6) is 0 Å². The zero-order valence-corrected chi connectivity index (χ0v) is 18.2. The van der Waals surface area contributed by atoms with E-state index >= 15 is 0 Å². The highest BCUT2D eigenvalue weighted by Gasteiger charge is 2.15. The lowest BCUT2D eigenvalue weighted by atomic mass is 9.87. The van der Waals surface area contributed by atoms with E-state index in [1.54, 1.807) is 23.3 Å². The van der Waals surface area contributed by atoms with E-state index in [1.165, 1.54) is 5.56 Å². The average Bonchev–Trinajstić information content (AvgIpc) is 3.09. The van der Waals surface area contributed by atoms with Crippen molar-refractivity contribution in [1.29, 1.82) is 0 Å². The molecule has 6 heteroatoms. The molecule has 0 saturated carbocycles. The highest BCUT2D eigenvalue weighted by Crippen LogP contribution is 2.23. The van der Waals surface area contributed by atoms with Crippen LogP contribution in [0.25, 0.3) is 10.2 Å². The Kier molecular flexibility index (Phi) is 6.33. The molecule has 0 bridgehead atoms. The Bertz CT molecular complexity index is 970.